The first-order valence-electron chi connectivity index (χ1n) is 5.81. The Bertz CT molecular complexity index is 439. The second-order valence-corrected chi connectivity index (χ2v) is 5.86. The largest absolute Gasteiger partial charge is 0.419 e. The zero-order chi connectivity index (χ0) is 13.4. The van der Waals surface area contributed by atoms with E-state index >= 15 is 0 Å². The summed E-state index contributed by atoms with van der Waals surface area (Å²) in [4.78, 5) is 3.88. The molecule has 2 rings (SSSR count). The molecule has 2 nitrogen and oxygen atoms in total. The molecule has 0 bridgehead atoms. The van der Waals surface area contributed by atoms with Crippen molar-refractivity contribution < 1.29 is 13.2 Å². The van der Waals surface area contributed by atoms with Gasteiger partial charge in [0.25, 0.3) is 0 Å². The fourth-order valence-corrected chi connectivity index (χ4v) is 2.65. The normalized spacial score (nSPS) is 18.9. The quantitative estimate of drug-likeness (QED) is 0.860. The molecule has 1 aliphatic rings. The molecule has 0 aromatic carbocycles. The van der Waals surface area contributed by atoms with E-state index in [9.17, 15) is 13.2 Å². The van der Waals surface area contributed by atoms with Crippen LogP contribution in [0.15, 0.2) is 16.7 Å². The van der Waals surface area contributed by atoms with Crippen molar-refractivity contribution in [1.82, 2.24) is 4.98 Å². The summed E-state index contributed by atoms with van der Waals surface area (Å²) >= 11 is 3.02. The molecule has 1 fully saturated rings. The van der Waals surface area contributed by atoms with Crippen LogP contribution in [0, 0.1) is 0 Å². The fourth-order valence-electron chi connectivity index (χ4n) is 2.32. The van der Waals surface area contributed by atoms with Gasteiger partial charge >= 0.3 is 6.18 Å². The molecule has 0 aliphatic heterocycles. The Morgan fingerprint density at radius 2 is 1.94 bits per heavy atom. The molecule has 1 saturated carbocycles. The Labute approximate surface area is 112 Å². The molecule has 0 amide bonds. The van der Waals surface area contributed by atoms with E-state index in [2.05, 4.69) is 26.2 Å². The molecule has 100 valence electrons. The smallest absolute Gasteiger partial charge is 0.364 e. The highest BCUT2D eigenvalue weighted by Crippen LogP contribution is 2.39. The lowest BCUT2D eigenvalue weighted by atomic mass is 10.0. The van der Waals surface area contributed by atoms with Crippen LogP contribution in [0.2, 0.25) is 0 Å². The number of pyridine rings is 1. The van der Waals surface area contributed by atoms with Crippen molar-refractivity contribution in [2.24, 2.45) is 0 Å². The van der Waals surface area contributed by atoms with E-state index in [0.29, 0.717) is 4.47 Å². The van der Waals surface area contributed by atoms with E-state index in [1.165, 1.54) is 6.20 Å². The lowest BCUT2D eigenvalue weighted by Crippen LogP contribution is -2.32. The third-order valence-corrected chi connectivity index (χ3v) is 3.72. The lowest BCUT2D eigenvalue weighted by molar-refractivity contribution is -0.137. The van der Waals surface area contributed by atoms with Crippen molar-refractivity contribution in [2.75, 3.05) is 5.32 Å². The molecule has 1 aromatic rings. The molecule has 18 heavy (non-hydrogen) atoms. The van der Waals surface area contributed by atoms with Crippen LogP contribution in [0.1, 0.15) is 38.2 Å². The predicted octanol–water partition coefficient (Wildman–Crippen LogP) is 4.61. The third-order valence-electron chi connectivity index (χ3n) is 3.29. The number of nitrogens with one attached hydrogen (secondary N) is 1. The summed E-state index contributed by atoms with van der Waals surface area (Å²) in [7, 11) is 0. The van der Waals surface area contributed by atoms with Crippen molar-refractivity contribution in [3.63, 3.8) is 0 Å². The van der Waals surface area contributed by atoms with Gasteiger partial charge in [0, 0.05) is 16.2 Å². The topological polar surface area (TPSA) is 24.9 Å². The fraction of sp³-hybridized carbons (Fsp3) is 0.583. The SMILES string of the molecule is CC1(Nc2ncc(Br)cc2C(F)(F)F)CCCC1. The summed E-state index contributed by atoms with van der Waals surface area (Å²) in [6.07, 6.45) is 0.830. The highest BCUT2D eigenvalue weighted by atomic mass is 79.9. The molecule has 0 atom stereocenters. The molecule has 1 N–H and O–H groups in total. The van der Waals surface area contributed by atoms with Crippen molar-refractivity contribution >= 4 is 21.7 Å². The van der Waals surface area contributed by atoms with E-state index < -0.39 is 11.7 Å². The first-order chi connectivity index (χ1) is 8.30. The van der Waals surface area contributed by atoms with Gasteiger partial charge in [-0.15, -0.1) is 0 Å². The van der Waals surface area contributed by atoms with Crippen LogP contribution >= 0.6 is 15.9 Å². The van der Waals surface area contributed by atoms with Gasteiger partial charge in [-0.2, -0.15) is 13.2 Å². The van der Waals surface area contributed by atoms with Crippen molar-refractivity contribution in [1.29, 1.82) is 0 Å². The molecule has 1 heterocycles. The second kappa shape index (κ2) is 4.72. The zero-order valence-corrected chi connectivity index (χ0v) is 11.5. The number of rotatable bonds is 2. The van der Waals surface area contributed by atoms with Crippen LogP contribution in [0.5, 0.6) is 0 Å². The van der Waals surface area contributed by atoms with E-state index in [4.69, 9.17) is 0 Å². The number of nitrogens with zero attached hydrogens (tertiary/aromatic N) is 1. The van der Waals surface area contributed by atoms with Crippen LogP contribution in [-0.2, 0) is 6.18 Å². The zero-order valence-electron chi connectivity index (χ0n) is 9.94. The van der Waals surface area contributed by atoms with Crippen molar-refractivity contribution in [3.05, 3.63) is 22.3 Å². The number of anilines is 1. The van der Waals surface area contributed by atoms with Crippen LogP contribution in [0.25, 0.3) is 0 Å². The van der Waals surface area contributed by atoms with Crippen molar-refractivity contribution in [3.8, 4) is 0 Å². The minimum Gasteiger partial charge on any atom is -0.364 e. The molecule has 0 unspecified atom stereocenters. The Hall–Kier alpha value is -0.780. The number of hydrogen-bond acceptors (Lipinski definition) is 2. The van der Waals surface area contributed by atoms with Gasteiger partial charge in [-0.1, -0.05) is 12.8 Å². The minimum atomic E-state index is -4.39. The summed E-state index contributed by atoms with van der Waals surface area (Å²) in [6, 6.07) is 1.06. The first kappa shape index (κ1) is 13.6. The van der Waals surface area contributed by atoms with Gasteiger partial charge in [-0.05, 0) is 41.8 Å². The van der Waals surface area contributed by atoms with Gasteiger partial charge in [0.15, 0.2) is 0 Å². The monoisotopic (exact) mass is 322 g/mol. The van der Waals surface area contributed by atoms with Crippen LogP contribution in [0.4, 0.5) is 19.0 Å². The first-order valence-corrected chi connectivity index (χ1v) is 6.60. The summed E-state index contributed by atoms with van der Waals surface area (Å²) in [6.45, 7) is 1.95. The van der Waals surface area contributed by atoms with E-state index in [-0.39, 0.29) is 11.4 Å². The summed E-state index contributed by atoms with van der Waals surface area (Å²) in [5.74, 6) is -0.0740. The Kier molecular flexibility index (Phi) is 3.58. The Balaban J connectivity index is 2.32. The lowest BCUT2D eigenvalue weighted by Gasteiger charge is -2.27. The van der Waals surface area contributed by atoms with E-state index in [1.54, 1.807) is 0 Å². The van der Waals surface area contributed by atoms with Gasteiger partial charge in [0.1, 0.15) is 5.82 Å². The number of hydrogen-bond donors (Lipinski definition) is 1. The third kappa shape index (κ3) is 2.96. The van der Waals surface area contributed by atoms with Gasteiger partial charge in [-0.25, -0.2) is 4.98 Å². The van der Waals surface area contributed by atoms with Crippen LogP contribution < -0.4 is 5.32 Å². The molecule has 0 radical (unpaired) electrons. The molecular weight excluding hydrogens is 309 g/mol. The highest BCUT2D eigenvalue weighted by molar-refractivity contribution is 9.10. The minimum absolute atomic E-state index is 0.0740. The number of halogens is 4. The molecule has 0 spiro atoms. The average Bonchev–Trinajstić information content (AvgIpc) is 2.66. The van der Waals surface area contributed by atoms with E-state index in [0.717, 1.165) is 31.7 Å². The molecule has 6 heteroatoms. The molecule has 0 saturated heterocycles. The maximum absolute atomic E-state index is 12.9. The Morgan fingerprint density at radius 3 is 2.50 bits per heavy atom. The van der Waals surface area contributed by atoms with Gasteiger partial charge in [-0.3, -0.25) is 0 Å². The number of aromatic nitrogens is 1. The second-order valence-electron chi connectivity index (χ2n) is 4.94. The van der Waals surface area contributed by atoms with Gasteiger partial charge in [0.2, 0.25) is 0 Å². The number of alkyl halides is 3. The van der Waals surface area contributed by atoms with Gasteiger partial charge in [0.05, 0.1) is 5.56 Å². The molecule has 1 aliphatic carbocycles. The standard InChI is InChI=1S/C12H14BrF3N2/c1-11(4-2-3-5-11)18-10-9(12(14,15)16)6-8(13)7-17-10/h6-7H,2-5H2,1H3,(H,17,18). The van der Waals surface area contributed by atoms with Gasteiger partial charge < -0.3 is 5.32 Å². The van der Waals surface area contributed by atoms with Crippen molar-refractivity contribution in [2.45, 2.75) is 44.3 Å². The van der Waals surface area contributed by atoms with E-state index in [1.807, 2.05) is 6.92 Å². The Morgan fingerprint density at radius 1 is 1.33 bits per heavy atom. The summed E-state index contributed by atoms with van der Waals surface area (Å²) in [5.41, 5.74) is -0.995. The predicted molar refractivity (Wildman–Crippen MR) is 67.4 cm³/mol. The van der Waals surface area contributed by atoms with Crippen LogP contribution in [-0.4, -0.2) is 10.5 Å². The van der Waals surface area contributed by atoms with Crippen LogP contribution in [0.3, 0.4) is 0 Å². The summed E-state index contributed by atoms with van der Waals surface area (Å²) in [5, 5.41) is 2.97. The highest BCUT2D eigenvalue weighted by Gasteiger charge is 2.37. The maximum atomic E-state index is 12.9. The summed E-state index contributed by atoms with van der Waals surface area (Å²) < 4.78 is 39.1. The molecule has 1 aromatic heterocycles. The molecular formula is C12H14BrF3N2. The average molecular weight is 323 g/mol. The maximum Gasteiger partial charge on any atom is 0.419 e.